The van der Waals surface area contributed by atoms with Gasteiger partial charge in [0, 0.05) is 55.8 Å². The molecule has 12 rings (SSSR count). The van der Waals surface area contributed by atoms with Crippen molar-refractivity contribution in [3.63, 3.8) is 0 Å². The Morgan fingerprint density at radius 2 is 0.915 bits per heavy atom. The summed E-state index contributed by atoms with van der Waals surface area (Å²) in [5.41, 5.74) is 12.8. The van der Waals surface area contributed by atoms with Crippen molar-refractivity contribution in [2.45, 2.75) is 0 Å². The van der Waals surface area contributed by atoms with E-state index in [9.17, 15) is 0 Å². The highest BCUT2D eigenvalue weighted by Crippen LogP contribution is 2.45. The lowest BCUT2D eigenvalue weighted by molar-refractivity contribution is 0.966. The second-order valence-corrected chi connectivity index (χ2v) is 15.1. The van der Waals surface area contributed by atoms with Gasteiger partial charge in [-0.1, -0.05) is 146 Å². The molecule has 0 radical (unpaired) electrons. The van der Waals surface area contributed by atoms with E-state index < -0.39 is 0 Å². The summed E-state index contributed by atoms with van der Waals surface area (Å²) in [6.45, 7) is 5.24. The van der Waals surface area contributed by atoms with Crippen LogP contribution in [0.5, 0.6) is 0 Å². The van der Waals surface area contributed by atoms with E-state index in [4.69, 9.17) is 9.97 Å². The van der Waals surface area contributed by atoms with E-state index in [0.717, 1.165) is 88.5 Å². The van der Waals surface area contributed by atoms with Crippen LogP contribution in [0, 0.1) is 0 Å². The second-order valence-electron chi connectivity index (χ2n) is 15.1. The van der Waals surface area contributed by atoms with Gasteiger partial charge < -0.3 is 14.0 Å². The molecule has 1 aliphatic rings. The monoisotopic (exact) mass is 756 g/mol. The highest BCUT2D eigenvalue weighted by molar-refractivity contribution is 6.24. The average Bonchev–Trinajstić information content (AvgIpc) is 3.95. The topological polar surface area (TPSA) is 43.8 Å². The van der Waals surface area contributed by atoms with E-state index in [0.29, 0.717) is 12.5 Å². The quantitative estimate of drug-likeness (QED) is 0.180. The molecular weight excluding hydrogens is 721 g/mol. The van der Waals surface area contributed by atoms with Crippen LogP contribution in [-0.4, -0.2) is 30.2 Å². The molecular formula is C53H36N6. The van der Waals surface area contributed by atoms with Gasteiger partial charge >= 0.3 is 0 Å². The number of aromatic nitrogens is 5. The van der Waals surface area contributed by atoms with Gasteiger partial charge in [0.05, 0.1) is 56.9 Å². The first-order valence-electron chi connectivity index (χ1n) is 20.0. The largest absolute Gasteiger partial charge is 0.335 e. The van der Waals surface area contributed by atoms with E-state index in [1.54, 1.807) is 0 Å². The van der Waals surface area contributed by atoms with Gasteiger partial charge in [-0.2, -0.15) is 0 Å². The molecule has 0 N–H and O–H groups in total. The Hall–Kier alpha value is -7.96. The smallest absolute Gasteiger partial charge is 0.234 e. The lowest BCUT2D eigenvalue weighted by atomic mass is 10.00. The molecule has 0 saturated carbocycles. The van der Waals surface area contributed by atoms with Gasteiger partial charge in [0.2, 0.25) is 5.95 Å². The Balaban J connectivity index is 1.14. The first-order chi connectivity index (χ1) is 29.2. The number of anilines is 2. The molecule has 0 aliphatic carbocycles. The summed E-state index contributed by atoms with van der Waals surface area (Å²) in [6.07, 6.45) is 12.5. The SMILES string of the molecule is C=C1/C=C\C=C/CN(c2ccccc2)c2c1ccc1c3ccccc3n(-c3cnc(-n4c5ccccc5c5ccc6c7ccccc7n(-c7ccccc7)c6c54)nc3)c21. The van der Waals surface area contributed by atoms with Crippen LogP contribution in [-0.2, 0) is 0 Å². The number of hydrogen-bond donors (Lipinski definition) is 0. The van der Waals surface area contributed by atoms with Crippen LogP contribution in [0.4, 0.5) is 11.4 Å². The van der Waals surface area contributed by atoms with E-state index in [2.05, 4.69) is 207 Å². The van der Waals surface area contributed by atoms with E-state index in [1.807, 2.05) is 12.4 Å². The molecule has 4 aromatic heterocycles. The molecule has 278 valence electrons. The van der Waals surface area contributed by atoms with Crippen LogP contribution >= 0.6 is 0 Å². The molecule has 6 heteroatoms. The van der Waals surface area contributed by atoms with Crippen molar-refractivity contribution in [1.29, 1.82) is 0 Å². The van der Waals surface area contributed by atoms with Gasteiger partial charge in [-0.15, -0.1) is 0 Å². The molecule has 11 aromatic rings. The highest BCUT2D eigenvalue weighted by atomic mass is 15.2. The lowest BCUT2D eigenvalue weighted by Crippen LogP contribution is -2.19. The van der Waals surface area contributed by atoms with Crippen molar-refractivity contribution in [2.24, 2.45) is 0 Å². The van der Waals surface area contributed by atoms with Crippen LogP contribution in [0.15, 0.2) is 201 Å². The number of para-hydroxylation sites is 5. The summed E-state index contributed by atoms with van der Waals surface area (Å²) in [5.74, 6) is 0.611. The summed E-state index contributed by atoms with van der Waals surface area (Å²) in [7, 11) is 0. The first-order valence-corrected chi connectivity index (χ1v) is 20.0. The maximum atomic E-state index is 5.28. The third kappa shape index (κ3) is 4.93. The summed E-state index contributed by atoms with van der Waals surface area (Å²) < 4.78 is 6.97. The minimum Gasteiger partial charge on any atom is -0.335 e. The Kier molecular flexibility index (Phi) is 7.34. The lowest BCUT2D eigenvalue weighted by Gasteiger charge is -2.28. The van der Waals surface area contributed by atoms with Crippen molar-refractivity contribution in [2.75, 3.05) is 11.4 Å². The van der Waals surface area contributed by atoms with Crippen LogP contribution in [0.3, 0.4) is 0 Å². The molecule has 0 saturated heterocycles. The molecule has 7 aromatic carbocycles. The zero-order valence-corrected chi connectivity index (χ0v) is 32.1. The Morgan fingerprint density at radius 1 is 0.424 bits per heavy atom. The molecule has 0 amide bonds. The second kappa shape index (κ2) is 13.0. The van der Waals surface area contributed by atoms with Crippen LogP contribution in [0.2, 0.25) is 0 Å². The number of fused-ring (bicyclic) bond motifs is 12. The van der Waals surface area contributed by atoms with Gasteiger partial charge in [-0.25, -0.2) is 9.97 Å². The average molecular weight is 757 g/mol. The van der Waals surface area contributed by atoms with Gasteiger partial charge in [-0.3, -0.25) is 4.57 Å². The summed E-state index contributed by atoms with van der Waals surface area (Å²) in [6, 6.07) is 56.1. The van der Waals surface area contributed by atoms with Crippen molar-refractivity contribution >= 4 is 82.4 Å². The third-order valence-corrected chi connectivity index (χ3v) is 11.9. The van der Waals surface area contributed by atoms with Crippen molar-refractivity contribution in [1.82, 2.24) is 23.7 Å². The zero-order valence-electron chi connectivity index (χ0n) is 32.1. The van der Waals surface area contributed by atoms with Crippen molar-refractivity contribution in [3.05, 3.63) is 207 Å². The maximum absolute atomic E-state index is 5.28. The number of hydrogen-bond acceptors (Lipinski definition) is 3. The van der Waals surface area contributed by atoms with E-state index in [1.165, 1.54) is 10.8 Å². The Morgan fingerprint density at radius 3 is 1.54 bits per heavy atom. The van der Waals surface area contributed by atoms with Gasteiger partial charge in [0.1, 0.15) is 0 Å². The predicted octanol–water partition coefficient (Wildman–Crippen LogP) is 13.0. The fraction of sp³-hybridized carbons (Fsp3) is 0.0189. The molecule has 1 aliphatic heterocycles. The molecule has 0 unspecified atom stereocenters. The van der Waals surface area contributed by atoms with Crippen LogP contribution in [0.1, 0.15) is 5.56 Å². The van der Waals surface area contributed by atoms with Gasteiger partial charge in [-0.05, 0) is 48.0 Å². The number of allylic oxidation sites excluding steroid dienone is 4. The fourth-order valence-corrected chi connectivity index (χ4v) is 9.38. The molecule has 0 atom stereocenters. The fourth-order valence-electron chi connectivity index (χ4n) is 9.38. The Labute approximate surface area is 340 Å². The first kappa shape index (κ1) is 33.2. The highest BCUT2D eigenvalue weighted by Gasteiger charge is 2.25. The van der Waals surface area contributed by atoms with Gasteiger partial charge in [0.15, 0.2) is 0 Å². The van der Waals surface area contributed by atoms with Crippen molar-refractivity contribution < 1.29 is 0 Å². The maximum Gasteiger partial charge on any atom is 0.234 e. The van der Waals surface area contributed by atoms with Gasteiger partial charge in [0.25, 0.3) is 0 Å². The van der Waals surface area contributed by atoms with Crippen LogP contribution in [0.25, 0.3) is 88.3 Å². The minimum atomic E-state index is 0.611. The van der Waals surface area contributed by atoms with E-state index in [-0.39, 0.29) is 0 Å². The predicted molar refractivity (Wildman–Crippen MR) is 246 cm³/mol. The molecule has 59 heavy (non-hydrogen) atoms. The summed E-state index contributed by atoms with van der Waals surface area (Å²) in [4.78, 5) is 12.9. The number of benzene rings is 7. The summed E-state index contributed by atoms with van der Waals surface area (Å²) >= 11 is 0. The minimum absolute atomic E-state index is 0.611. The van der Waals surface area contributed by atoms with Crippen molar-refractivity contribution in [3.8, 4) is 17.3 Å². The standard InChI is InChI=1S/C53H36N6/c1-35-17-5-4-16-32-56(36-18-6-2-7-19-36)49-39(35)28-29-43-40-22-11-14-26-47(40)58(50(43)49)38-33-54-53(55-34-38)59-48-27-15-12-24-42(48)45-31-30-44-41-23-10-13-25-46(41)57(51(44)52(45)59)37-20-8-3-9-21-37/h2-31,33-34H,1,32H2/b16-4-,17-5-. The molecule has 0 bridgehead atoms. The summed E-state index contributed by atoms with van der Waals surface area (Å²) in [5, 5.41) is 7.02. The third-order valence-electron chi connectivity index (χ3n) is 11.9. The molecule has 0 spiro atoms. The molecule has 6 nitrogen and oxygen atoms in total. The zero-order chi connectivity index (χ0) is 39.0. The van der Waals surface area contributed by atoms with E-state index >= 15 is 0 Å². The molecule has 0 fully saturated rings. The molecule has 5 heterocycles. The Bertz CT molecular complexity index is 3530. The van der Waals surface area contributed by atoms with Crippen LogP contribution < -0.4 is 4.90 Å². The normalized spacial score (nSPS) is 14.3. The number of rotatable bonds is 4. The number of nitrogens with zero attached hydrogens (tertiary/aromatic N) is 6.